The van der Waals surface area contributed by atoms with Gasteiger partial charge >= 0.3 is 0 Å². The number of nitrogens with zero attached hydrogens (tertiary/aromatic N) is 2. The van der Waals surface area contributed by atoms with Crippen LogP contribution in [0.1, 0.15) is 47.3 Å². The predicted octanol–water partition coefficient (Wildman–Crippen LogP) is 4.96. The second kappa shape index (κ2) is 8.19. The third-order valence-corrected chi connectivity index (χ3v) is 6.93. The van der Waals surface area contributed by atoms with E-state index in [1.165, 1.54) is 6.42 Å². The van der Waals surface area contributed by atoms with Crippen molar-refractivity contribution in [2.45, 2.75) is 31.1 Å². The minimum atomic E-state index is -0.373. The van der Waals surface area contributed by atoms with Crippen LogP contribution in [0.3, 0.4) is 0 Å². The number of ether oxygens (including phenoxy) is 2. The Kier molecular flexibility index (Phi) is 5.21. The van der Waals surface area contributed by atoms with E-state index in [4.69, 9.17) is 9.47 Å². The number of benzene rings is 2. The van der Waals surface area contributed by atoms with Crippen LogP contribution in [0.5, 0.6) is 11.5 Å². The van der Waals surface area contributed by atoms with Crippen LogP contribution in [0.2, 0.25) is 0 Å². The molecule has 164 valence electrons. The highest BCUT2D eigenvalue weighted by atomic mass is 16.5. The molecular formula is C26H27N3O3. The van der Waals surface area contributed by atoms with Gasteiger partial charge in [0.05, 0.1) is 14.2 Å². The molecule has 32 heavy (non-hydrogen) atoms. The predicted molar refractivity (Wildman–Crippen MR) is 124 cm³/mol. The lowest BCUT2D eigenvalue weighted by atomic mass is 9.68. The Labute approximate surface area is 187 Å². The van der Waals surface area contributed by atoms with Crippen molar-refractivity contribution >= 4 is 11.8 Å². The Bertz CT molecular complexity index is 1110. The van der Waals surface area contributed by atoms with Crippen LogP contribution in [0.15, 0.2) is 59.8 Å². The Morgan fingerprint density at radius 1 is 1.00 bits per heavy atom. The number of H-pyrrole nitrogens is 1. The summed E-state index contributed by atoms with van der Waals surface area (Å²) >= 11 is 0. The third kappa shape index (κ3) is 3.27. The zero-order chi connectivity index (χ0) is 22.1. The number of oxime groups is 1. The summed E-state index contributed by atoms with van der Waals surface area (Å²) in [4.78, 5) is 0. The van der Waals surface area contributed by atoms with Crippen LogP contribution in [-0.2, 0) is 11.8 Å². The molecule has 0 radical (unpaired) electrons. The van der Waals surface area contributed by atoms with Gasteiger partial charge < -0.3 is 14.7 Å². The van der Waals surface area contributed by atoms with Gasteiger partial charge in [-0.15, -0.1) is 0 Å². The maximum atomic E-state index is 9.68. The summed E-state index contributed by atoms with van der Waals surface area (Å²) in [6.07, 6.45) is 8.35. The van der Waals surface area contributed by atoms with Gasteiger partial charge in [-0.2, -0.15) is 5.10 Å². The number of hydrogen-bond donors (Lipinski definition) is 2. The molecule has 0 spiro atoms. The molecule has 2 aliphatic rings. The molecule has 6 nitrogen and oxygen atoms in total. The van der Waals surface area contributed by atoms with E-state index in [1.807, 2.05) is 24.3 Å². The van der Waals surface area contributed by atoms with Gasteiger partial charge in [0.2, 0.25) is 0 Å². The molecule has 2 N–H and O–H groups in total. The number of rotatable bonds is 6. The van der Waals surface area contributed by atoms with E-state index in [1.54, 1.807) is 14.2 Å². The number of allylic oxidation sites excluding steroid dienone is 1. The van der Waals surface area contributed by atoms with Gasteiger partial charge in [-0.05, 0) is 48.2 Å². The minimum Gasteiger partial charge on any atom is -0.497 e. The summed E-state index contributed by atoms with van der Waals surface area (Å²) in [5.74, 6) is 1.94. The molecular weight excluding hydrogens is 402 g/mol. The van der Waals surface area contributed by atoms with Crippen LogP contribution >= 0.6 is 0 Å². The molecule has 1 fully saturated rings. The van der Waals surface area contributed by atoms with Crippen molar-refractivity contribution in [2.75, 3.05) is 14.2 Å². The summed E-state index contributed by atoms with van der Waals surface area (Å²) in [5, 5.41) is 21.1. The Morgan fingerprint density at radius 2 is 1.59 bits per heavy atom. The maximum absolute atomic E-state index is 9.68. The maximum Gasteiger partial charge on any atom is 0.118 e. The molecule has 0 saturated heterocycles. The first-order valence-electron chi connectivity index (χ1n) is 11.0. The average Bonchev–Trinajstić information content (AvgIpc) is 3.24. The molecule has 0 atom stereocenters. The zero-order valence-electron chi connectivity index (χ0n) is 18.3. The second-order valence-corrected chi connectivity index (χ2v) is 8.52. The summed E-state index contributed by atoms with van der Waals surface area (Å²) < 4.78 is 10.7. The fourth-order valence-corrected chi connectivity index (χ4v) is 4.80. The van der Waals surface area contributed by atoms with Crippen molar-refractivity contribution in [3.8, 4) is 11.5 Å². The van der Waals surface area contributed by atoms with Crippen LogP contribution in [-0.4, -0.2) is 35.3 Å². The van der Waals surface area contributed by atoms with Gasteiger partial charge in [-0.1, -0.05) is 48.0 Å². The van der Waals surface area contributed by atoms with E-state index in [0.29, 0.717) is 12.1 Å². The Hall–Kier alpha value is -3.54. The topological polar surface area (TPSA) is 79.7 Å². The summed E-state index contributed by atoms with van der Waals surface area (Å²) in [5.41, 5.74) is 5.47. The SMILES string of the molecule is COc1ccc(C2(c3ccc(OC)cc3)C=Cc3c(/C(=N/O)C4CCC4)n[nH]c3C2)cc1. The first-order valence-corrected chi connectivity index (χ1v) is 11.0. The third-order valence-electron chi connectivity index (χ3n) is 6.93. The van der Waals surface area contributed by atoms with Gasteiger partial charge in [-0.25, -0.2) is 0 Å². The van der Waals surface area contributed by atoms with Crippen molar-refractivity contribution < 1.29 is 14.7 Å². The largest absolute Gasteiger partial charge is 0.497 e. The normalized spacial score (nSPS) is 17.5. The van der Waals surface area contributed by atoms with Gasteiger partial charge in [0.25, 0.3) is 0 Å². The molecule has 5 rings (SSSR count). The number of hydrogen-bond acceptors (Lipinski definition) is 5. The highest BCUT2D eigenvalue weighted by molar-refractivity contribution is 6.04. The number of methoxy groups -OCH3 is 2. The van der Waals surface area contributed by atoms with Crippen LogP contribution < -0.4 is 9.47 Å². The number of nitrogens with one attached hydrogen (secondary N) is 1. The lowest BCUT2D eigenvalue weighted by Gasteiger charge is -2.35. The van der Waals surface area contributed by atoms with Crippen molar-refractivity contribution in [1.82, 2.24) is 10.2 Å². The van der Waals surface area contributed by atoms with E-state index < -0.39 is 0 Å². The van der Waals surface area contributed by atoms with Crippen LogP contribution in [0.25, 0.3) is 6.08 Å². The molecule has 2 aliphatic carbocycles. The van der Waals surface area contributed by atoms with E-state index in [9.17, 15) is 5.21 Å². The molecule has 0 amide bonds. The Morgan fingerprint density at radius 3 is 2.06 bits per heavy atom. The van der Waals surface area contributed by atoms with Crippen LogP contribution in [0, 0.1) is 5.92 Å². The second-order valence-electron chi connectivity index (χ2n) is 8.52. The number of fused-ring (bicyclic) bond motifs is 1. The van der Waals surface area contributed by atoms with Crippen molar-refractivity contribution in [3.63, 3.8) is 0 Å². The average molecular weight is 430 g/mol. The quantitative estimate of drug-likeness (QED) is 0.330. The standard InChI is InChI=1S/C26H27N3O3/c1-31-20-10-6-18(7-11-20)26(19-8-12-21(32-2)13-9-19)15-14-22-23(16-26)27-28-25(22)24(29-30)17-4-3-5-17/h6-15,17,30H,3-5,16H2,1-2H3,(H,27,28)/b29-24+. The number of aromatic nitrogens is 2. The molecule has 2 aromatic carbocycles. The van der Waals surface area contributed by atoms with E-state index >= 15 is 0 Å². The minimum absolute atomic E-state index is 0.288. The molecule has 0 unspecified atom stereocenters. The van der Waals surface area contributed by atoms with E-state index in [0.717, 1.165) is 52.4 Å². The first kappa shape index (κ1) is 20.4. The highest BCUT2D eigenvalue weighted by Gasteiger charge is 2.38. The summed E-state index contributed by atoms with van der Waals surface area (Å²) in [6, 6.07) is 16.4. The van der Waals surface area contributed by atoms with E-state index in [-0.39, 0.29) is 11.3 Å². The number of aromatic amines is 1. The van der Waals surface area contributed by atoms with Gasteiger partial charge in [-0.3, -0.25) is 5.10 Å². The van der Waals surface area contributed by atoms with Crippen molar-refractivity contribution in [2.24, 2.45) is 11.1 Å². The van der Waals surface area contributed by atoms with E-state index in [2.05, 4.69) is 51.8 Å². The molecule has 3 aromatic rings. The molecule has 1 aromatic heterocycles. The molecule has 0 aliphatic heterocycles. The fourth-order valence-electron chi connectivity index (χ4n) is 4.80. The summed E-state index contributed by atoms with van der Waals surface area (Å²) in [7, 11) is 3.35. The molecule has 6 heteroatoms. The van der Waals surface area contributed by atoms with Crippen molar-refractivity contribution in [3.05, 3.63) is 82.7 Å². The van der Waals surface area contributed by atoms with Crippen molar-refractivity contribution in [1.29, 1.82) is 0 Å². The van der Waals surface area contributed by atoms with Gasteiger partial charge in [0.15, 0.2) is 0 Å². The first-order chi connectivity index (χ1) is 15.7. The molecule has 1 heterocycles. The Balaban J connectivity index is 1.59. The summed E-state index contributed by atoms with van der Waals surface area (Å²) in [6.45, 7) is 0. The fraction of sp³-hybridized carbons (Fsp3) is 0.308. The lowest BCUT2D eigenvalue weighted by Crippen LogP contribution is -2.31. The molecule has 0 bridgehead atoms. The van der Waals surface area contributed by atoms with Crippen LogP contribution in [0.4, 0.5) is 0 Å². The zero-order valence-corrected chi connectivity index (χ0v) is 18.3. The monoisotopic (exact) mass is 429 g/mol. The smallest absolute Gasteiger partial charge is 0.118 e. The highest BCUT2D eigenvalue weighted by Crippen LogP contribution is 2.43. The lowest BCUT2D eigenvalue weighted by molar-refractivity contribution is 0.305. The van der Waals surface area contributed by atoms with Gasteiger partial charge in [0.1, 0.15) is 22.9 Å². The van der Waals surface area contributed by atoms with Gasteiger partial charge in [0, 0.05) is 29.0 Å². The molecule has 1 saturated carbocycles.